The maximum Gasteiger partial charge on any atom is 0.193 e. The molecule has 0 radical (unpaired) electrons. The Kier molecular flexibility index (Phi) is 5.71. The van der Waals surface area contributed by atoms with Crippen molar-refractivity contribution in [3.05, 3.63) is 11.6 Å². The SMILES string of the molecule is CCOCC1CCN(C(=NC)NCC2CCc3nnc(C)n3C2)C1. The van der Waals surface area contributed by atoms with E-state index in [9.17, 15) is 0 Å². The summed E-state index contributed by atoms with van der Waals surface area (Å²) in [5, 5.41) is 12.0. The molecule has 0 aliphatic carbocycles. The minimum atomic E-state index is 0.603. The lowest BCUT2D eigenvalue weighted by atomic mass is 9.99. The molecule has 7 nitrogen and oxygen atoms in total. The molecular weight excluding hydrogens is 304 g/mol. The summed E-state index contributed by atoms with van der Waals surface area (Å²) in [6, 6.07) is 0. The second kappa shape index (κ2) is 7.96. The first kappa shape index (κ1) is 17.2. The second-order valence-corrected chi connectivity index (χ2v) is 6.87. The van der Waals surface area contributed by atoms with Gasteiger partial charge in [-0.15, -0.1) is 10.2 Å². The number of hydrogen-bond acceptors (Lipinski definition) is 4. The highest BCUT2D eigenvalue weighted by molar-refractivity contribution is 5.80. The maximum atomic E-state index is 5.57. The van der Waals surface area contributed by atoms with E-state index in [0.29, 0.717) is 11.8 Å². The molecule has 134 valence electrons. The quantitative estimate of drug-likeness (QED) is 0.645. The molecule has 2 aliphatic rings. The first-order valence-corrected chi connectivity index (χ1v) is 9.13. The van der Waals surface area contributed by atoms with Gasteiger partial charge in [0.1, 0.15) is 11.6 Å². The molecule has 0 saturated carbocycles. The van der Waals surface area contributed by atoms with Gasteiger partial charge in [-0.1, -0.05) is 0 Å². The normalized spacial score (nSPS) is 24.3. The summed E-state index contributed by atoms with van der Waals surface area (Å²) >= 11 is 0. The van der Waals surface area contributed by atoms with Crippen LogP contribution < -0.4 is 5.32 Å². The lowest BCUT2D eigenvalue weighted by molar-refractivity contribution is 0.114. The van der Waals surface area contributed by atoms with Crippen LogP contribution in [-0.4, -0.2) is 65.5 Å². The van der Waals surface area contributed by atoms with Crippen LogP contribution in [0, 0.1) is 18.8 Å². The van der Waals surface area contributed by atoms with E-state index in [1.54, 1.807) is 0 Å². The molecule has 3 rings (SSSR count). The Bertz CT molecular complexity index is 569. The van der Waals surface area contributed by atoms with Gasteiger partial charge in [-0.05, 0) is 32.6 Å². The van der Waals surface area contributed by atoms with Crippen LogP contribution in [0.2, 0.25) is 0 Å². The smallest absolute Gasteiger partial charge is 0.193 e. The van der Waals surface area contributed by atoms with E-state index in [1.165, 1.54) is 6.42 Å². The summed E-state index contributed by atoms with van der Waals surface area (Å²) in [4.78, 5) is 6.84. The van der Waals surface area contributed by atoms with Gasteiger partial charge in [0.2, 0.25) is 0 Å². The third-order valence-corrected chi connectivity index (χ3v) is 5.13. The molecule has 0 bridgehead atoms. The molecule has 0 aromatic carbocycles. The largest absolute Gasteiger partial charge is 0.381 e. The number of guanidine groups is 1. The highest BCUT2D eigenvalue weighted by Crippen LogP contribution is 2.20. The van der Waals surface area contributed by atoms with Crippen molar-refractivity contribution < 1.29 is 4.74 Å². The summed E-state index contributed by atoms with van der Waals surface area (Å²) in [7, 11) is 1.88. The Labute approximate surface area is 144 Å². The second-order valence-electron chi connectivity index (χ2n) is 6.87. The number of aryl methyl sites for hydroxylation is 2. The van der Waals surface area contributed by atoms with Gasteiger partial charge in [0.05, 0.1) is 6.61 Å². The zero-order valence-electron chi connectivity index (χ0n) is 15.2. The van der Waals surface area contributed by atoms with Gasteiger partial charge >= 0.3 is 0 Å². The number of aliphatic imine (C=N–C) groups is 1. The fraction of sp³-hybridized carbons (Fsp3) is 0.824. The van der Waals surface area contributed by atoms with Crippen LogP contribution in [0.1, 0.15) is 31.4 Å². The molecule has 3 heterocycles. The van der Waals surface area contributed by atoms with Crippen LogP contribution in [0.5, 0.6) is 0 Å². The number of nitrogens with zero attached hydrogens (tertiary/aromatic N) is 5. The number of fused-ring (bicyclic) bond motifs is 1. The summed E-state index contributed by atoms with van der Waals surface area (Å²) in [5.74, 6) is 4.41. The van der Waals surface area contributed by atoms with Crippen LogP contribution >= 0.6 is 0 Å². The number of nitrogens with one attached hydrogen (secondary N) is 1. The lowest BCUT2D eigenvalue weighted by Gasteiger charge is -2.27. The molecule has 1 aromatic rings. The van der Waals surface area contributed by atoms with Crippen molar-refractivity contribution in [2.75, 3.05) is 39.9 Å². The first-order valence-electron chi connectivity index (χ1n) is 9.13. The predicted molar refractivity (Wildman–Crippen MR) is 94.1 cm³/mol. The number of aromatic nitrogens is 3. The summed E-state index contributed by atoms with van der Waals surface area (Å²) in [6.07, 6.45) is 3.37. The molecule has 2 unspecified atom stereocenters. The number of hydrogen-bond donors (Lipinski definition) is 1. The Morgan fingerprint density at radius 2 is 2.17 bits per heavy atom. The number of rotatable bonds is 5. The topological polar surface area (TPSA) is 67.6 Å². The van der Waals surface area contributed by atoms with Gasteiger partial charge in [-0.25, -0.2) is 0 Å². The van der Waals surface area contributed by atoms with E-state index in [-0.39, 0.29) is 0 Å². The summed E-state index contributed by atoms with van der Waals surface area (Å²) in [5.41, 5.74) is 0. The van der Waals surface area contributed by atoms with E-state index < -0.39 is 0 Å². The van der Waals surface area contributed by atoms with E-state index in [0.717, 1.165) is 69.8 Å². The van der Waals surface area contributed by atoms with Gasteiger partial charge in [0.25, 0.3) is 0 Å². The molecular formula is C17H30N6O. The number of ether oxygens (including phenoxy) is 1. The van der Waals surface area contributed by atoms with Crippen molar-refractivity contribution in [2.24, 2.45) is 16.8 Å². The highest BCUT2D eigenvalue weighted by Gasteiger charge is 2.26. The van der Waals surface area contributed by atoms with Crippen LogP contribution in [0.25, 0.3) is 0 Å². The van der Waals surface area contributed by atoms with Crippen molar-refractivity contribution in [1.29, 1.82) is 0 Å². The average molecular weight is 334 g/mol. The van der Waals surface area contributed by atoms with Gasteiger partial charge in [0, 0.05) is 52.2 Å². The molecule has 7 heteroatoms. The summed E-state index contributed by atoms with van der Waals surface area (Å²) < 4.78 is 7.83. The molecule has 1 N–H and O–H groups in total. The molecule has 1 aromatic heterocycles. The van der Waals surface area contributed by atoms with Crippen LogP contribution in [0.3, 0.4) is 0 Å². The Morgan fingerprint density at radius 1 is 1.29 bits per heavy atom. The molecule has 1 fully saturated rings. The zero-order valence-corrected chi connectivity index (χ0v) is 15.2. The van der Waals surface area contributed by atoms with Crippen LogP contribution in [-0.2, 0) is 17.7 Å². The Morgan fingerprint density at radius 3 is 2.96 bits per heavy atom. The standard InChI is InChI=1S/C17H30N6O/c1-4-24-12-15-7-8-22(10-15)17(18-3)19-9-14-5-6-16-21-20-13(2)23(16)11-14/h14-15H,4-12H2,1-3H3,(H,18,19). The molecule has 2 atom stereocenters. The molecule has 0 amide bonds. The molecule has 1 saturated heterocycles. The van der Waals surface area contributed by atoms with E-state index in [4.69, 9.17) is 4.74 Å². The lowest BCUT2D eigenvalue weighted by Crippen LogP contribution is -2.43. The number of likely N-dealkylation sites (tertiary alicyclic amines) is 1. The third kappa shape index (κ3) is 3.88. The van der Waals surface area contributed by atoms with Crippen molar-refractivity contribution in [3.63, 3.8) is 0 Å². The predicted octanol–water partition coefficient (Wildman–Crippen LogP) is 1.08. The van der Waals surface area contributed by atoms with Gasteiger partial charge in [-0.2, -0.15) is 0 Å². The highest BCUT2D eigenvalue weighted by atomic mass is 16.5. The van der Waals surface area contributed by atoms with Gasteiger partial charge < -0.3 is 19.5 Å². The van der Waals surface area contributed by atoms with Crippen LogP contribution in [0.15, 0.2) is 4.99 Å². The van der Waals surface area contributed by atoms with Crippen molar-refractivity contribution >= 4 is 5.96 Å². The van der Waals surface area contributed by atoms with Crippen LogP contribution in [0.4, 0.5) is 0 Å². The molecule has 24 heavy (non-hydrogen) atoms. The zero-order chi connectivity index (χ0) is 16.9. The Balaban J connectivity index is 1.48. The monoisotopic (exact) mass is 334 g/mol. The van der Waals surface area contributed by atoms with E-state index in [2.05, 4.69) is 36.9 Å². The molecule has 0 spiro atoms. The van der Waals surface area contributed by atoms with E-state index in [1.807, 2.05) is 14.0 Å². The van der Waals surface area contributed by atoms with Gasteiger partial charge in [-0.3, -0.25) is 4.99 Å². The average Bonchev–Trinajstić information content (AvgIpc) is 3.21. The maximum absolute atomic E-state index is 5.57. The summed E-state index contributed by atoms with van der Waals surface area (Å²) in [6.45, 7) is 9.82. The first-order chi connectivity index (χ1) is 11.7. The fourth-order valence-electron chi connectivity index (χ4n) is 3.71. The third-order valence-electron chi connectivity index (χ3n) is 5.13. The van der Waals surface area contributed by atoms with Crippen molar-refractivity contribution in [3.8, 4) is 0 Å². The van der Waals surface area contributed by atoms with Crippen molar-refractivity contribution in [2.45, 2.75) is 39.7 Å². The Hall–Kier alpha value is -1.63. The van der Waals surface area contributed by atoms with Gasteiger partial charge in [0.15, 0.2) is 5.96 Å². The fourth-order valence-corrected chi connectivity index (χ4v) is 3.71. The molecule has 2 aliphatic heterocycles. The van der Waals surface area contributed by atoms with Crippen molar-refractivity contribution in [1.82, 2.24) is 25.0 Å². The van der Waals surface area contributed by atoms with E-state index >= 15 is 0 Å². The minimum absolute atomic E-state index is 0.603. The minimum Gasteiger partial charge on any atom is -0.381 e.